The Morgan fingerprint density at radius 1 is 1.39 bits per heavy atom. The van der Waals surface area contributed by atoms with Crippen molar-refractivity contribution in [3.05, 3.63) is 23.0 Å². The fourth-order valence-corrected chi connectivity index (χ4v) is 2.67. The lowest BCUT2D eigenvalue weighted by Gasteiger charge is -2.29. The summed E-state index contributed by atoms with van der Waals surface area (Å²) in [5.41, 5.74) is 0. The molecule has 3 rings (SSSR count). The fraction of sp³-hybridized carbons (Fsp3) is 0.545. The minimum atomic E-state index is 0.299. The van der Waals surface area contributed by atoms with E-state index in [4.69, 9.17) is 12.2 Å². The number of rotatable bonds is 2. The van der Waals surface area contributed by atoms with E-state index in [-0.39, 0.29) is 0 Å². The monoisotopic (exact) mass is 264 g/mol. The van der Waals surface area contributed by atoms with Crippen molar-refractivity contribution >= 4 is 18.2 Å². The van der Waals surface area contributed by atoms with E-state index in [2.05, 4.69) is 38.5 Å². The molecule has 0 fully saturated rings. The number of hydrogen-bond donors (Lipinski definition) is 1. The summed E-state index contributed by atoms with van der Waals surface area (Å²) in [7, 11) is 0. The Balaban J connectivity index is 1.96. The second-order valence-electron chi connectivity index (χ2n) is 4.75. The maximum Gasteiger partial charge on any atom is 0.226 e. The number of aromatic nitrogens is 5. The molecule has 7 heteroatoms. The van der Waals surface area contributed by atoms with E-state index in [9.17, 15) is 0 Å². The van der Waals surface area contributed by atoms with E-state index in [1.807, 2.05) is 17.0 Å². The molecule has 3 heterocycles. The highest BCUT2D eigenvalue weighted by Crippen LogP contribution is 2.21. The summed E-state index contributed by atoms with van der Waals surface area (Å²) >= 11 is 5.28. The molecular formula is C11H16N6S. The van der Waals surface area contributed by atoms with Crippen molar-refractivity contribution in [3.63, 3.8) is 0 Å². The third kappa shape index (κ3) is 1.74. The van der Waals surface area contributed by atoms with Gasteiger partial charge in [-0.15, -0.1) is 5.10 Å². The Morgan fingerprint density at radius 2 is 2.22 bits per heavy atom. The number of nitrogens with one attached hydrogen (secondary N) is 1. The van der Waals surface area contributed by atoms with Crippen molar-refractivity contribution in [1.82, 2.24) is 24.3 Å². The lowest BCUT2D eigenvalue weighted by Crippen LogP contribution is -2.35. The molecule has 0 atom stereocenters. The molecule has 6 nitrogen and oxygen atoms in total. The molecule has 0 amide bonds. The summed E-state index contributed by atoms with van der Waals surface area (Å²) in [6, 6.07) is 0.299. The molecule has 0 bridgehead atoms. The van der Waals surface area contributed by atoms with Gasteiger partial charge in [-0.25, -0.2) is 10.1 Å². The predicted octanol–water partition coefficient (Wildman–Crippen LogP) is 1.74. The molecular weight excluding hydrogens is 248 g/mol. The summed E-state index contributed by atoms with van der Waals surface area (Å²) < 4.78 is 4.90. The number of anilines is 1. The van der Waals surface area contributed by atoms with Gasteiger partial charge in [-0.1, -0.05) is 0 Å². The van der Waals surface area contributed by atoms with Gasteiger partial charge in [-0.05, 0) is 26.1 Å². The molecule has 0 aliphatic carbocycles. The minimum absolute atomic E-state index is 0.299. The number of fused-ring (bicyclic) bond motifs is 1. The van der Waals surface area contributed by atoms with Gasteiger partial charge in [0.15, 0.2) is 4.77 Å². The lowest BCUT2D eigenvalue weighted by molar-refractivity contribution is 0.521. The van der Waals surface area contributed by atoms with Crippen molar-refractivity contribution in [1.29, 1.82) is 0 Å². The Labute approximate surface area is 110 Å². The van der Waals surface area contributed by atoms with E-state index in [1.165, 1.54) is 0 Å². The molecule has 0 spiro atoms. The van der Waals surface area contributed by atoms with E-state index in [1.54, 1.807) is 0 Å². The number of H-pyrrole nitrogens is 1. The highest BCUT2D eigenvalue weighted by atomic mass is 32.1. The van der Waals surface area contributed by atoms with Crippen molar-refractivity contribution in [2.24, 2.45) is 0 Å². The molecule has 2 aromatic rings. The topological polar surface area (TPSA) is 54.7 Å². The standard InChI is InChI=1S/C11H16N6S/c1-8(2)17-10(13-14-11(17)18)16-6-5-15-4-3-12-9(15)7-16/h3-4,8H,5-7H2,1-2H3,(H,14,18). The summed E-state index contributed by atoms with van der Waals surface area (Å²) in [5.74, 6) is 1.98. The van der Waals surface area contributed by atoms with Gasteiger partial charge in [0, 0.05) is 31.5 Å². The number of imidazole rings is 1. The quantitative estimate of drug-likeness (QED) is 0.839. The molecule has 2 aromatic heterocycles. The van der Waals surface area contributed by atoms with Crippen LogP contribution in [-0.2, 0) is 13.1 Å². The Bertz CT molecular complexity index is 607. The van der Waals surface area contributed by atoms with E-state index in [0.29, 0.717) is 10.8 Å². The SMILES string of the molecule is CC(C)n1c(N2CCn3ccnc3C2)n[nH]c1=S. The van der Waals surface area contributed by atoms with Crippen LogP contribution in [0.25, 0.3) is 0 Å². The number of hydrogen-bond acceptors (Lipinski definition) is 4. The molecule has 0 saturated heterocycles. The van der Waals surface area contributed by atoms with Gasteiger partial charge in [-0.2, -0.15) is 0 Å². The molecule has 0 saturated carbocycles. The molecule has 1 N–H and O–H groups in total. The highest BCUT2D eigenvalue weighted by Gasteiger charge is 2.22. The van der Waals surface area contributed by atoms with Gasteiger partial charge in [0.25, 0.3) is 0 Å². The van der Waals surface area contributed by atoms with Gasteiger partial charge in [0.2, 0.25) is 5.95 Å². The van der Waals surface area contributed by atoms with Gasteiger partial charge < -0.3 is 9.47 Å². The van der Waals surface area contributed by atoms with Gasteiger partial charge >= 0.3 is 0 Å². The van der Waals surface area contributed by atoms with Gasteiger partial charge in [-0.3, -0.25) is 4.57 Å². The smallest absolute Gasteiger partial charge is 0.226 e. The molecule has 18 heavy (non-hydrogen) atoms. The second-order valence-corrected chi connectivity index (χ2v) is 5.14. The van der Waals surface area contributed by atoms with Crippen LogP contribution < -0.4 is 4.90 Å². The van der Waals surface area contributed by atoms with Crippen LogP contribution in [0.3, 0.4) is 0 Å². The van der Waals surface area contributed by atoms with Crippen LogP contribution in [0.5, 0.6) is 0 Å². The predicted molar refractivity (Wildman–Crippen MR) is 71.1 cm³/mol. The summed E-state index contributed by atoms with van der Waals surface area (Å²) in [5, 5.41) is 7.23. The van der Waals surface area contributed by atoms with E-state index < -0.39 is 0 Å². The highest BCUT2D eigenvalue weighted by molar-refractivity contribution is 7.71. The second kappa shape index (κ2) is 4.24. The molecule has 0 radical (unpaired) electrons. The van der Waals surface area contributed by atoms with Crippen molar-refractivity contribution in [3.8, 4) is 0 Å². The Hall–Kier alpha value is -1.63. The molecule has 0 aromatic carbocycles. The zero-order valence-electron chi connectivity index (χ0n) is 10.5. The zero-order valence-corrected chi connectivity index (χ0v) is 11.3. The normalized spacial score (nSPS) is 15.2. The first-order chi connectivity index (χ1) is 8.66. The molecule has 0 unspecified atom stereocenters. The zero-order chi connectivity index (χ0) is 12.7. The fourth-order valence-electron chi connectivity index (χ4n) is 2.33. The summed E-state index contributed by atoms with van der Waals surface area (Å²) in [4.78, 5) is 6.58. The maximum absolute atomic E-state index is 5.28. The van der Waals surface area contributed by atoms with E-state index >= 15 is 0 Å². The first-order valence-electron chi connectivity index (χ1n) is 6.08. The van der Waals surface area contributed by atoms with Crippen LogP contribution in [0, 0.1) is 4.77 Å². The largest absolute Gasteiger partial charge is 0.332 e. The number of aromatic amines is 1. The van der Waals surface area contributed by atoms with Crippen molar-refractivity contribution in [2.45, 2.75) is 33.0 Å². The summed E-state index contributed by atoms with van der Waals surface area (Å²) in [6.45, 7) is 6.86. The third-order valence-corrected chi connectivity index (χ3v) is 3.52. The average Bonchev–Trinajstić information content (AvgIpc) is 2.93. The first-order valence-corrected chi connectivity index (χ1v) is 6.49. The average molecular weight is 264 g/mol. The van der Waals surface area contributed by atoms with Crippen molar-refractivity contribution < 1.29 is 0 Å². The van der Waals surface area contributed by atoms with Crippen LogP contribution in [0.15, 0.2) is 12.4 Å². The summed E-state index contributed by atoms with van der Waals surface area (Å²) in [6.07, 6.45) is 3.87. The first kappa shape index (κ1) is 11.5. The van der Waals surface area contributed by atoms with Crippen LogP contribution >= 0.6 is 12.2 Å². The Morgan fingerprint density at radius 3 is 3.00 bits per heavy atom. The lowest BCUT2D eigenvalue weighted by atomic mass is 10.3. The van der Waals surface area contributed by atoms with Crippen LogP contribution in [0.1, 0.15) is 25.7 Å². The molecule has 1 aliphatic rings. The van der Waals surface area contributed by atoms with Crippen molar-refractivity contribution in [2.75, 3.05) is 11.4 Å². The molecule has 1 aliphatic heterocycles. The third-order valence-electron chi connectivity index (χ3n) is 3.23. The van der Waals surface area contributed by atoms with Crippen LogP contribution in [-0.4, -0.2) is 30.9 Å². The van der Waals surface area contributed by atoms with E-state index in [0.717, 1.165) is 31.4 Å². The van der Waals surface area contributed by atoms with Gasteiger partial charge in [0.1, 0.15) is 5.82 Å². The number of nitrogens with zero attached hydrogens (tertiary/aromatic N) is 5. The minimum Gasteiger partial charge on any atom is -0.332 e. The van der Waals surface area contributed by atoms with Crippen LogP contribution in [0.4, 0.5) is 5.95 Å². The molecule has 96 valence electrons. The Kier molecular flexibility index (Phi) is 2.70. The maximum atomic E-state index is 5.28. The van der Waals surface area contributed by atoms with Crippen LogP contribution in [0.2, 0.25) is 0 Å². The van der Waals surface area contributed by atoms with Gasteiger partial charge in [0.05, 0.1) is 6.54 Å².